The van der Waals surface area contributed by atoms with Gasteiger partial charge in [0, 0.05) is 68.5 Å². The number of hydrogen-bond acceptors (Lipinski definition) is 12. The van der Waals surface area contributed by atoms with E-state index >= 15 is 0 Å². The normalized spacial score (nSPS) is 24.5. The topological polar surface area (TPSA) is 180 Å². The Kier molecular flexibility index (Phi) is 9.14. The van der Waals surface area contributed by atoms with Crippen LogP contribution in [-0.2, 0) is 6.54 Å². The summed E-state index contributed by atoms with van der Waals surface area (Å²) in [5.41, 5.74) is 25.8. The van der Waals surface area contributed by atoms with Crippen molar-refractivity contribution in [3.05, 3.63) is 23.8 Å². The molecule has 1 aromatic carbocycles. The van der Waals surface area contributed by atoms with Gasteiger partial charge in [-0.15, -0.1) is 12.4 Å². The predicted octanol–water partition coefficient (Wildman–Crippen LogP) is -0.348. The third kappa shape index (κ3) is 6.73. The number of halogens is 1. The van der Waals surface area contributed by atoms with Crippen molar-refractivity contribution in [2.24, 2.45) is 22.9 Å². The second kappa shape index (κ2) is 11.9. The van der Waals surface area contributed by atoms with Gasteiger partial charge >= 0.3 is 0 Å². The summed E-state index contributed by atoms with van der Waals surface area (Å²) < 4.78 is 10.8. The molecular weight excluding hydrogens is 472 g/mol. The molecule has 4 atom stereocenters. The predicted molar refractivity (Wildman–Crippen MR) is 140 cm³/mol. The molecule has 0 aliphatic carbocycles. The van der Waals surface area contributed by atoms with Gasteiger partial charge in [0.05, 0.1) is 14.2 Å². The van der Waals surface area contributed by atoms with Gasteiger partial charge in [-0.25, -0.2) is 0 Å². The van der Waals surface area contributed by atoms with Gasteiger partial charge in [-0.2, -0.15) is 15.0 Å². The van der Waals surface area contributed by atoms with Gasteiger partial charge < -0.3 is 47.5 Å². The lowest BCUT2D eigenvalue weighted by Crippen LogP contribution is -2.54. The number of nitrogens with two attached hydrogens (primary N) is 4. The van der Waals surface area contributed by atoms with Gasteiger partial charge in [0.25, 0.3) is 0 Å². The van der Waals surface area contributed by atoms with Crippen LogP contribution >= 0.6 is 12.4 Å². The van der Waals surface area contributed by atoms with E-state index in [-0.39, 0.29) is 36.6 Å². The van der Waals surface area contributed by atoms with Gasteiger partial charge in [-0.05, 0) is 25.0 Å². The van der Waals surface area contributed by atoms with E-state index in [2.05, 4.69) is 15.3 Å². The zero-order chi connectivity index (χ0) is 24.2. The monoisotopic (exact) mass is 508 g/mol. The number of methoxy groups -OCH3 is 2. The molecule has 0 radical (unpaired) electrons. The van der Waals surface area contributed by atoms with Gasteiger partial charge in [0.15, 0.2) is 0 Å². The average molecular weight is 509 g/mol. The molecule has 4 rings (SSSR count). The molecule has 0 spiro atoms. The van der Waals surface area contributed by atoms with E-state index in [0.29, 0.717) is 56.3 Å². The smallest absolute Gasteiger partial charge is 0.232 e. The Morgan fingerprint density at radius 2 is 1.34 bits per heavy atom. The first-order valence-corrected chi connectivity index (χ1v) is 11.6. The number of rotatable bonds is 7. The summed E-state index contributed by atoms with van der Waals surface area (Å²) in [6.45, 7) is 2.96. The molecular formula is C22H37ClN10O2. The minimum absolute atomic E-state index is 0. The Labute approximate surface area is 212 Å². The lowest BCUT2D eigenvalue weighted by atomic mass is 10.0. The van der Waals surface area contributed by atoms with Gasteiger partial charge in [-0.3, -0.25) is 0 Å². The molecule has 12 nitrogen and oxygen atoms in total. The van der Waals surface area contributed by atoms with Gasteiger partial charge in [0.1, 0.15) is 11.5 Å². The molecule has 13 heteroatoms. The van der Waals surface area contributed by atoms with Crippen LogP contribution in [0.4, 0.5) is 17.8 Å². The van der Waals surface area contributed by atoms with Crippen molar-refractivity contribution in [3.8, 4) is 11.5 Å². The van der Waals surface area contributed by atoms with Crippen LogP contribution in [0.3, 0.4) is 0 Å². The van der Waals surface area contributed by atoms with E-state index in [1.165, 1.54) is 0 Å². The molecule has 35 heavy (non-hydrogen) atoms. The maximum atomic E-state index is 6.22. The van der Waals surface area contributed by atoms with Crippen LogP contribution in [0.25, 0.3) is 0 Å². The summed E-state index contributed by atoms with van der Waals surface area (Å²) in [5, 5.41) is 3.32. The van der Waals surface area contributed by atoms with Crippen molar-refractivity contribution in [3.63, 3.8) is 0 Å². The van der Waals surface area contributed by atoms with E-state index in [4.69, 9.17) is 37.4 Å². The van der Waals surface area contributed by atoms with Crippen molar-refractivity contribution in [1.82, 2.24) is 15.0 Å². The molecule has 3 heterocycles. The quantitative estimate of drug-likeness (QED) is 0.328. The highest BCUT2D eigenvalue weighted by molar-refractivity contribution is 5.85. The first kappa shape index (κ1) is 27.0. The van der Waals surface area contributed by atoms with Crippen molar-refractivity contribution in [2.75, 3.05) is 55.5 Å². The zero-order valence-electron chi connectivity index (χ0n) is 20.3. The van der Waals surface area contributed by atoms with Crippen LogP contribution in [0.5, 0.6) is 11.5 Å². The Balaban J connectivity index is 0.00000342. The summed E-state index contributed by atoms with van der Waals surface area (Å²) in [4.78, 5) is 18.2. The lowest BCUT2D eigenvalue weighted by Gasteiger charge is -2.37. The fourth-order valence-electron chi connectivity index (χ4n) is 4.57. The molecule has 0 saturated carbocycles. The minimum Gasteiger partial charge on any atom is -0.497 e. The number of benzene rings is 1. The molecule has 0 amide bonds. The number of nitrogens with zero attached hydrogens (tertiary/aromatic N) is 5. The van der Waals surface area contributed by atoms with E-state index < -0.39 is 0 Å². The molecule has 0 bridgehead atoms. The number of ether oxygens (including phenoxy) is 2. The van der Waals surface area contributed by atoms with Crippen LogP contribution in [0.1, 0.15) is 18.4 Å². The maximum Gasteiger partial charge on any atom is 0.232 e. The van der Waals surface area contributed by atoms with E-state index in [0.717, 1.165) is 24.2 Å². The Morgan fingerprint density at radius 1 is 0.829 bits per heavy atom. The minimum atomic E-state index is -0.0410. The molecule has 2 fully saturated rings. The van der Waals surface area contributed by atoms with Crippen LogP contribution in [0.2, 0.25) is 0 Å². The SMILES string of the molecule is COc1ccc(CNc2nc(N3C[C@H](N)C[C@H](N)C3)nc(N3C[C@H](N)C[C@H](N)C3)n2)c(OC)c1.Cl. The maximum absolute atomic E-state index is 6.22. The van der Waals surface area contributed by atoms with Crippen LogP contribution in [0.15, 0.2) is 18.2 Å². The zero-order valence-corrected chi connectivity index (χ0v) is 21.1. The third-order valence-electron chi connectivity index (χ3n) is 6.14. The van der Waals surface area contributed by atoms with Crippen LogP contribution < -0.4 is 47.5 Å². The lowest BCUT2D eigenvalue weighted by molar-refractivity contribution is 0.391. The molecule has 2 saturated heterocycles. The number of hydrogen-bond donors (Lipinski definition) is 5. The molecule has 9 N–H and O–H groups in total. The summed E-state index contributed by atoms with van der Waals surface area (Å²) in [7, 11) is 3.25. The summed E-state index contributed by atoms with van der Waals surface area (Å²) in [6.07, 6.45) is 1.54. The standard InChI is InChI=1S/C22H36N10O2.ClH/c1-33-18-4-3-13(19(7-18)34-2)8-27-20-28-21(31-9-14(23)5-15(24)10-31)30-22(29-20)32-11-16(25)6-17(26)12-32;/h3-4,7,14-17H,5-6,8-12,23-26H2,1-2H3,(H,27,28,29,30);1H/t14-,15+,16-,17+;. The van der Waals surface area contributed by atoms with Crippen LogP contribution in [-0.4, -0.2) is 79.5 Å². The molecule has 2 aromatic rings. The van der Waals surface area contributed by atoms with E-state index in [1.807, 2.05) is 28.0 Å². The third-order valence-corrected chi connectivity index (χ3v) is 6.14. The molecule has 1 aromatic heterocycles. The summed E-state index contributed by atoms with van der Waals surface area (Å²) in [6, 6.07) is 5.51. The Hall–Kier alpha value is -2.64. The highest BCUT2D eigenvalue weighted by Gasteiger charge is 2.28. The highest BCUT2D eigenvalue weighted by atomic mass is 35.5. The fourth-order valence-corrected chi connectivity index (χ4v) is 4.57. The van der Waals surface area contributed by atoms with E-state index in [9.17, 15) is 0 Å². The van der Waals surface area contributed by atoms with Gasteiger partial charge in [0.2, 0.25) is 17.8 Å². The van der Waals surface area contributed by atoms with Crippen molar-refractivity contribution in [1.29, 1.82) is 0 Å². The summed E-state index contributed by atoms with van der Waals surface area (Å²) in [5.74, 6) is 2.95. The van der Waals surface area contributed by atoms with Crippen molar-refractivity contribution < 1.29 is 9.47 Å². The Morgan fingerprint density at radius 3 is 1.80 bits per heavy atom. The molecule has 2 aliphatic rings. The Bertz CT molecular complexity index is 919. The number of nitrogens with one attached hydrogen (secondary N) is 1. The van der Waals surface area contributed by atoms with Crippen molar-refractivity contribution in [2.45, 2.75) is 43.6 Å². The average Bonchev–Trinajstić information content (AvgIpc) is 2.81. The number of aromatic nitrogens is 3. The first-order valence-electron chi connectivity index (χ1n) is 11.6. The molecule has 0 unspecified atom stereocenters. The highest BCUT2D eigenvalue weighted by Crippen LogP contribution is 2.26. The molecule has 2 aliphatic heterocycles. The first-order chi connectivity index (χ1) is 16.3. The van der Waals surface area contributed by atoms with E-state index in [1.54, 1.807) is 14.2 Å². The van der Waals surface area contributed by atoms with Crippen LogP contribution in [0, 0.1) is 0 Å². The second-order valence-electron chi connectivity index (χ2n) is 9.11. The number of piperidine rings is 2. The fraction of sp³-hybridized carbons (Fsp3) is 0.591. The second-order valence-corrected chi connectivity index (χ2v) is 9.11. The molecule has 194 valence electrons. The summed E-state index contributed by atoms with van der Waals surface area (Å²) >= 11 is 0. The van der Waals surface area contributed by atoms with Crippen molar-refractivity contribution >= 4 is 30.3 Å². The largest absolute Gasteiger partial charge is 0.497 e. The number of anilines is 3. The van der Waals surface area contributed by atoms with Gasteiger partial charge in [-0.1, -0.05) is 0 Å².